The average Bonchev–Trinajstić information content (AvgIpc) is 2.37. The standard InChI is InChI=1S/C15H22O2/c1-12-7-6-10-14(11-12)17-15(16-2)13-8-4-3-5-9-13/h3-5,8-9,12,14-15H,6-7,10-11H2,1-2H3. The van der Waals surface area contributed by atoms with E-state index in [9.17, 15) is 0 Å². The zero-order chi connectivity index (χ0) is 12.1. The van der Waals surface area contributed by atoms with Crippen LogP contribution in [0.1, 0.15) is 44.5 Å². The molecule has 2 nitrogen and oxygen atoms in total. The van der Waals surface area contributed by atoms with Gasteiger partial charge < -0.3 is 9.47 Å². The van der Waals surface area contributed by atoms with Crippen LogP contribution in [0.5, 0.6) is 0 Å². The topological polar surface area (TPSA) is 18.5 Å². The summed E-state index contributed by atoms with van der Waals surface area (Å²) in [5.74, 6) is 0.780. The molecule has 94 valence electrons. The van der Waals surface area contributed by atoms with Crippen molar-refractivity contribution in [1.29, 1.82) is 0 Å². The molecule has 1 aromatic carbocycles. The quantitative estimate of drug-likeness (QED) is 0.735. The molecule has 0 N–H and O–H groups in total. The molecule has 0 amide bonds. The summed E-state index contributed by atoms with van der Waals surface area (Å²) < 4.78 is 11.5. The fourth-order valence-corrected chi connectivity index (χ4v) is 2.56. The summed E-state index contributed by atoms with van der Waals surface area (Å²) in [5.41, 5.74) is 1.10. The summed E-state index contributed by atoms with van der Waals surface area (Å²) in [4.78, 5) is 0. The molecule has 0 bridgehead atoms. The fraction of sp³-hybridized carbons (Fsp3) is 0.600. The van der Waals surface area contributed by atoms with Gasteiger partial charge in [-0.25, -0.2) is 0 Å². The lowest BCUT2D eigenvalue weighted by Crippen LogP contribution is -2.24. The third kappa shape index (κ3) is 3.55. The van der Waals surface area contributed by atoms with E-state index < -0.39 is 0 Å². The fourth-order valence-electron chi connectivity index (χ4n) is 2.56. The van der Waals surface area contributed by atoms with Gasteiger partial charge in [-0.2, -0.15) is 0 Å². The molecule has 0 saturated heterocycles. The van der Waals surface area contributed by atoms with Crippen LogP contribution in [-0.2, 0) is 9.47 Å². The van der Waals surface area contributed by atoms with Crippen LogP contribution in [-0.4, -0.2) is 13.2 Å². The Morgan fingerprint density at radius 3 is 2.59 bits per heavy atom. The second kappa shape index (κ2) is 6.18. The van der Waals surface area contributed by atoms with Gasteiger partial charge in [0.05, 0.1) is 6.10 Å². The predicted molar refractivity (Wildman–Crippen MR) is 68.7 cm³/mol. The summed E-state index contributed by atoms with van der Waals surface area (Å²) in [6, 6.07) is 10.2. The van der Waals surface area contributed by atoms with Crippen molar-refractivity contribution >= 4 is 0 Å². The van der Waals surface area contributed by atoms with E-state index in [0.717, 1.165) is 24.3 Å². The third-order valence-electron chi connectivity index (χ3n) is 3.49. The molecule has 0 radical (unpaired) electrons. The van der Waals surface area contributed by atoms with Crippen molar-refractivity contribution in [3.05, 3.63) is 35.9 Å². The van der Waals surface area contributed by atoms with Gasteiger partial charge >= 0.3 is 0 Å². The van der Waals surface area contributed by atoms with Crippen molar-refractivity contribution in [1.82, 2.24) is 0 Å². The minimum Gasteiger partial charge on any atom is -0.352 e. The van der Waals surface area contributed by atoms with Gasteiger partial charge in [0, 0.05) is 12.7 Å². The largest absolute Gasteiger partial charge is 0.352 e. The van der Waals surface area contributed by atoms with Crippen LogP contribution >= 0.6 is 0 Å². The van der Waals surface area contributed by atoms with Crippen molar-refractivity contribution in [2.45, 2.75) is 45.0 Å². The van der Waals surface area contributed by atoms with E-state index in [2.05, 4.69) is 19.1 Å². The highest BCUT2D eigenvalue weighted by Crippen LogP contribution is 2.30. The molecule has 1 fully saturated rings. The van der Waals surface area contributed by atoms with Gasteiger partial charge in [0.2, 0.25) is 0 Å². The smallest absolute Gasteiger partial charge is 0.183 e. The number of rotatable bonds is 4. The Balaban J connectivity index is 1.95. The van der Waals surface area contributed by atoms with Gasteiger partial charge in [0.15, 0.2) is 6.29 Å². The number of methoxy groups -OCH3 is 1. The normalized spacial score (nSPS) is 26.7. The van der Waals surface area contributed by atoms with Gasteiger partial charge in [-0.1, -0.05) is 50.1 Å². The zero-order valence-electron chi connectivity index (χ0n) is 10.8. The Morgan fingerprint density at radius 1 is 1.18 bits per heavy atom. The molecule has 0 aromatic heterocycles. The maximum absolute atomic E-state index is 6.07. The molecule has 2 heteroatoms. The number of benzene rings is 1. The highest BCUT2D eigenvalue weighted by atomic mass is 16.7. The van der Waals surface area contributed by atoms with E-state index in [-0.39, 0.29) is 6.29 Å². The Kier molecular flexibility index (Phi) is 4.57. The van der Waals surface area contributed by atoms with Crippen molar-refractivity contribution < 1.29 is 9.47 Å². The van der Waals surface area contributed by atoms with Crippen LogP contribution in [0.3, 0.4) is 0 Å². The van der Waals surface area contributed by atoms with Gasteiger partial charge in [-0.05, 0) is 18.8 Å². The van der Waals surface area contributed by atoms with Gasteiger partial charge in [0.1, 0.15) is 0 Å². The Bertz CT molecular complexity index is 323. The molecule has 0 spiro atoms. The van der Waals surface area contributed by atoms with Gasteiger partial charge in [-0.3, -0.25) is 0 Å². The van der Waals surface area contributed by atoms with Crippen LogP contribution < -0.4 is 0 Å². The summed E-state index contributed by atoms with van der Waals surface area (Å²) in [7, 11) is 1.71. The lowest BCUT2D eigenvalue weighted by molar-refractivity contribution is -0.169. The van der Waals surface area contributed by atoms with Crippen molar-refractivity contribution in [2.24, 2.45) is 5.92 Å². The minimum atomic E-state index is -0.216. The summed E-state index contributed by atoms with van der Waals surface area (Å²) in [6.07, 6.45) is 5.07. The molecule has 3 unspecified atom stereocenters. The number of hydrogen-bond acceptors (Lipinski definition) is 2. The lowest BCUT2D eigenvalue weighted by atomic mass is 9.88. The first-order chi connectivity index (χ1) is 8.29. The monoisotopic (exact) mass is 234 g/mol. The number of ether oxygens (including phenoxy) is 2. The van der Waals surface area contributed by atoms with Gasteiger partial charge in [0.25, 0.3) is 0 Å². The van der Waals surface area contributed by atoms with E-state index in [4.69, 9.17) is 9.47 Å². The minimum absolute atomic E-state index is 0.216. The van der Waals surface area contributed by atoms with Crippen LogP contribution in [0.25, 0.3) is 0 Å². The first kappa shape index (κ1) is 12.6. The molecular formula is C15H22O2. The molecule has 0 aliphatic heterocycles. The van der Waals surface area contributed by atoms with Crippen LogP contribution in [0.4, 0.5) is 0 Å². The van der Waals surface area contributed by atoms with E-state index in [1.807, 2.05) is 18.2 Å². The molecule has 1 aromatic rings. The molecule has 1 saturated carbocycles. The highest BCUT2D eigenvalue weighted by molar-refractivity contribution is 5.15. The third-order valence-corrected chi connectivity index (χ3v) is 3.49. The van der Waals surface area contributed by atoms with Crippen molar-refractivity contribution in [3.8, 4) is 0 Å². The molecule has 1 aliphatic carbocycles. The number of hydrogen-bond donors (Lipinski definition) is 0. The van der Waals surface area contributed by atoms with E-state index in [1.165, 1.54) is 12.8 Å². The second-order valence-corrected chi connectivity index (χ2v) is 5.01. The Labute approximate surface area is 104 Å². The SMILES string of the molecule is COC(OC1CCCC(C)C1)c1ccccc1. The molecular weight excluding hydrogens is 212 g/mol. The molecule has 0 heterocycles. The van der Waals surface area contributed by atoms with E-state index in [0.29, 0.717) is 6.10 Å². The highest BCUT2D eigenvalue weighted by Gasteiger charge is 2.23. The van der Waals surface area contributed by atoms with Crippen molar-refractivity contribution in [2.75, 3.05) is 7.11 Å². The van der Waals surface area contributed by atoms with E-state index >= 15 is 0 Å². The molecule has 2 rings (SSSR count). The predicted octanol–water partition coefficient (Wildman–Crippen LogP) is 3.93. The first-order valence-electron chi connectivity index (χ1n) is 6.53. The Hall–Kier alpha value is -0.860. The van der Waals surface area contributed by atoms with Gasteiger partial charge in [-0.15, -0.1) is 0 Å². The molecule has 1 aliphatic rings. The lowest BCUT2D eigenvalue weighted by Gasteiger charge is -2.30. The summed E-state index contributed by atoms with van der Waals surface area (Å²) >= 11 is 0. The van der Waals surface area contributed by atoms with Crippen LogP contribution in [0, 0.1) is 5.92 Å². The van der Waals surface area contributed by atoms with Crippen molar-refractivity contribution in [3.63, 3.8) is 0 Å². The Morgan fingerprint density at radius 2 is 1.94 bits per heavy atom. The van der Waals surface area contributed by atoms with Crippen LogP contribution in [0.2, 0.25) is 0 Å². The second-order valence-electron chi connectivity index (χ2n) is 5.01. The first-order valence-corrected chi connectivity index (χ1v) is 6.53. The zero-order valence-corrected chi connectivity index (χ0v) is 10.8. The maximum atomic E-state index is 6.07. The average molecular weight is 234 g/mol. The maximum Gasteiger partial charge on any atom is 0.183 e. The summed E-state index contributed by atoms with van der Waals surface area (Å²) in [6.45, 7) is 2.31. The van der Waals surface area contributed by atoms with E-state index in [1.54, 1.807) is 7.11 Å². The molecule has 17 heavy (non-hydrogen) atoms. The van der Waals surface area contributed by atoms with Crippen LogP contribution in [0.15, 0.2) is 30.3 Å². The summed E-state index contributed by atoms with van der Waals surface area (Å²) in [5, 5.41) is 0. The molecule has 3 atom stereocenters.